The fraction of sp³-hybridized carbons (Fsp3) is 0.312. The van der Waals surface area contributed by atoms with Gasteiger partial charge in [0.25, 0.3) is 15.6 Å². The van der Waals surface area contributed by atoms with E-state index < -0.39 is 10.0 Å². The first-order chi connectivity index (χ1) is 10.1. The second kappa shape index (κ2) is 5.61. The highest BCUT2D eigenvalue weighted by Crippen LogP contribution is 2.24. The van der Waals surface area contributed by atoms with E-state index in [1.165, 1.54) is 16.8 Å². The number of anilines is 1. The fourth-order valence-corrected chi connectivity index (χ4v) is 3.01. The lowest BCUT2D eigenvalue weighted by atomic mass is 9.87. The van der Waals surface area contributed by atoms with E-state index in [9.17, 15) is 13.2 Å². The topological polar surface area (TPSA) is 68.2 Å². The van der Waals surface area contributed by atoms with E-state index in [1.807, 2.05) is 0 Å². The summed E-state index contributed by atoms with van der Waals surface area (Å²) in [5.41, 5.74) is 0.993. The van der Waals surface area contributed by atoms with Gasteiger partial charge in [0.15, 0.2) is 0 Å². The van der Waals surface area contributed by atoms with Crippen LogP contribution in [0.5, 0.6) is 0 Å². The van der Waals surface area contributed by atoms with Crippen molar-refractivity contribution in [3.8, 4) is 0 Å². The largest absolute Gasteiger partial charge is 0.318 e. The minimum absolute atomic E-state index is 0.0403. The van der Waals surface area contributed by atoms with Gasteiger partial charge >= 0.3 is 0 Å². The monoisotopic (exact) mass is 320 g/mol. The minimum Gasteiger partial charge on any atom is -0.318 e. The molecule has 5 nitrogen and oxygen atoms in total. The van der Waals surface area contributed by atoms with Crippen LogP contribution >= 0.6 is 0 Å². The Morgan fingerprint density at radius 3 is 2.14 bits per heavy atom. The molecule has 0 unspecified atom stereocenters. The van der Waals surface area contributed by atoms with Crippen LogP contribution in [0.1, 0.15) is 26.3 Å². The molecule has 0 atom stereocenters. The van der Waals surface area contributed by atoms with Gasteiger partial charge in [-0.2, -0.15) is 0 Å². The van der Waals surface area contributed by atoms with Crippen molar-refractivity contribution < 1.29 is 8.42 Å². The maximum Gasteiger partial charge on any atom is 0.261 e. The second-order valence-corrected chi connectivity index (χ2v) is 7.93. The van der Waals surface area contributed by atoms with Crippen molar-refractivity contribution >= 4 is 15.7 Å². The molecule has 1 N–H and O–H groups in total. The lowest BCUT2D eigenvalue weighted by Crippen LogP contribution is -2.19. The third-order valence-electron chi connectivity index (χ3n) is 3.39. The summed E-state index contributed by atoms with van der Waals surface area (Å²) in [6.07, 6.45) is 1.52. The molecule has 118 valence electrons. The number of hydrogen-bond donors (Lipinski definition) is 1. The minimum atomic E-state index is -3.70. The van der Waals surface area contributed by atoms with Gasteiger partial charge in [-0.15, -0.1) is 0 Å². The third kappa shape index (κ3) is 3.57. The first-order valence-electron chi connectivity index (χ1n) is 6.90. The normalized spacial score (nSPS) is 12.2. The molecule has 0 radical (unpaired) electrons. The highest BCUT2D eigenvalue weighted by molar-refractivity contribution is 7.92. The lowest BCUT2D eigenvalue weighted by molar-refractivity contribution is 0.587. The van der Waals surface area contributed by atoms with Gasteiger partial charge in [0.1, 0.15) is 0 Å². The predicted octanol–water partition coefficient (Wildman–Crippen LogP) is 2.48. The summed E-state index contributed by atoms with van der Waals surface area (Å²) in [5.74, 6) is 0. The van der Waals surface area contributed by atoms with Gasteiger partial charge in [0, 0.05) is 19.3 Å². The van der Waals surface area contributed by atoms with Crippen molar-refractivity contribution in [3.05, 3.63) is 58.5 Å². The second-order valence-electron chi connectivity index (χ2n) is 6.24. The van der Waals surface area contributed by atoms with Gasteiger partial charge < -0.3 is 4.57 Å². The molecule has 1 heterocycles. The Balaban J connectivity index is 2.30. The van der Waals surface area contributed by atoms with Crippen LogP contribution in [-0.4, -0.2) is 13.0 Å². The number of aromatic nitrogens is 1. The first kappa shape index (κ1) is 16.3. The number of aryl methyl sites for hydroxylation is 1. The van der Waals surface area contributed by atoms with Crippen LogP contribution in [0.2, 0.25) is 0 Å². The fourth-order valence-electron chi connectivity index (χ4n) is 1.96. The first-order valence-corrected chi connectivity index (χ1v) is 8.38. The zero-order valence-electron chi connectivity index (χ0n) is 13.1. The summed E-state index contributed by atoms with van der Waals surface area (Å²) < 4.78 is 28.5. The Labute approximate surface area is 130 Å². The standard InChI is InChI=1S/C16H20N2O3S/c1-16(2,3)12-5-7-14(8-6-12)22(20,21)17-13-9-10-18(4)15(19)11-13/h5-11,17H,1-4H3. The lowest BCUT2D eigenvalue weighted by Gasteiger charge is -2.19. The molecule has 1 aromatic heterocycles. The molecule has 2 rings (SSSR count). The van der Waals surface area contributed by atoms with Crippen molar-refractivity contribution in [2.45, 2.75) is 31.1 Å². The molecule has 2 aromatic rings. The summed E-state index contributed by atoms with van der Waals surface area (Å²) in [7, 11) is -2.10. The van der Waals surface area contributed by atoms with Crippen LogP contribution < -0.4 is 10.3 Å². The SMILES string of the molecule is Cn1ccc(NS(=O)(=O)c2ccc(C(C)(C)C)cc2)cc1=O. The van der Waals surface area contributed by atoms with E-state index in [0.29, 0.717) is 0 Å². The summed E-state index contributed by atoms with van der Waals surface area (Å²) in [6.45, 7) is 6.19. The Kier molecular flexibility index (Phi) is 4.15. The van der Waals surface area contributed by atoms with Gasteiger partial charge in [-0.05, 0) is 29.2 Å². The molecule has 22 heavy (non-hydrogen) atoms. The van der Waals surface area contributed by atoms with Crippen LogP contribution in [0.3, 0.4) is 0 Å². The summed E-state index contributed by atoms with van der Waals surface area (Å²) in [6, 6.07) is 9.55. The van der Waals surface area contributed by atoms with Crippen LogP contribution in [0.25, 0.3) is 0 Å². The molecule has 0 spiro atoms. The molecular weight excluding hydrogens is 300 g/mol. The zero-order valence-corrected chi connectivity index (χ0v) is 13.9. The maximum absolute atomic E-state index is 12.3. The van der Waals surface area contributed by atoms with Crippen LogP contribution in [0, 0.1) is 0 Å². The van der Waals surface area contributed by atoms with Gasteiger partial charge in [0.2, 0.25) is 0 Å². The predicted molar refractivity (Wildman–Crippen MR) is 87.6 cm³/mol. The van der Waals surface area contributed by atoms with Gasteiger partial charge in [0.05, 0.1) is 10.6 Å². The van der Waals surface area contributed by atoms with E-state index in [-0.39, 0.29) is 21.6 Å². The Morgan fingerprint density at radius 2 is 1.64 bits per heavy atom. The number of hydrogen-bond acceptors (Lipinski definition) is 3. The summed E-state index contributed by atoms with van der Waals surface area (Å²) in [5, 5.41) is 0. The quantitative estimate of drug-likeness (QED) is 0.944. The zero-order chi connectivity index (χ0) is 16.5. The molecule has 0 aliphatic rings. The highest BCUT2D eigenvalue weighted by atomic mass is 32.2. The van der Waals surface area contributed by atoms with E-state index in [0.717, 1.165) is 5.56 Å². The number of rotatable bonds is 3. The van der Waals surface area contributed by atoms with Crippen molar-refractivity contribution in [2.75, 3.05) is 4.72 Å². The average molecular weight is 320 g/mol. The molecule has 0 bridgehead atoms. The van der Waals surface area contributed by atoms with Gasteiger partial charge in [-0.3, -0.25) is 9.52 Å². The van der Waals surface area contributed by atoms with Crippen molar-refractivity contribution in [1.82, 2.24) is 4.57 Å². The number of benzene rings is 1. The molecule has 0 fully saturated rings. The molecule has 1 aromatic carbocycles. The molecule has 0 aliphatic heterocycles. The number of nitrogens with zero attached hydrogens (tertiary/aromatic N) is 1. The Hall–Kier alpha value is -2.08. The van der Waals surface area contributed by atoms with Crippen molar-refractivity contribution in [1.29, 1.82) is 0 Å². The molecule has 0 aliphatic carbocycles. The van der Waals surface area contributed by atoms with E-state index in [2.05, 4.69) is 25.5 Å². The van der Waals surface area contributed by atoms with Gasteiger partial charge in [-0.1, -0.05) is 32.9 Å². The Bertz CT molecular complexity index is 829. The van der Waals surface area contributed by atoms with Crippen molar-refractivity contribution in [3.63, 3.8) is 0 Å². The van der Waals surface area contributed by atoms with E-state index in [4.69, 9.17) is 0 Å². The number of pyridine rings is 1. The molecule has 0 saturated heterocycles. The van der Waals surface area contributed by atoms with E-state index in [1.54, 1.807) is 37.4 Å². The summed E-state index contributed by atoms with van der Waals surface area (Å²) >= 11 is 0. The molecule has 0 amide bonds. The third-order valence-corrected chi connectivity index (χ3v) is 4.78. The molecule has 6 heteroatoms. The highest BCUT2D eigenvalue weighted by Gasteiger charge is 2.17. The molecule has 0 saturated carbocycles. The Morgan fingerprint density at radius 1 is 1.05 bits per heavy atom. The summed E-state index contributed by atoms with van der Waals surface area (Å²) in [4.78, 5) is 11.7. The van der Waals surface area contributed by atoms with Gasteiger partial charge in [-0.25, -0.2) is 8.42 Å². The van der Waals surface area contributed by atoms with Crippen LogP contribution in [-0.2, 0) is 22.5 Å². The number of sulfonamides is 1. The molecular formula is C16H20N2O3S. The van der Waals surface area contributed by atoms with Crippen molar-refractivity contribution in [2.24, 2.45) is 7.05 Å². The van der Waals surface area contributed by atoms with Crippen LogP contribution in [0.4, 0.5) is 5.69 Å². The number of nitrogens with one attached hydrogen (secondary N) is 1. The van der Waals surface area contributed by atoms with E-state index >= 15 is 0 Å². The maximum atomic E-state index is 12.3. The van der Waals surface area contributed by atoms with Crippen LogP contribution in [0.15, 0.2) is 52.3 Å². The average Bonchev–Trinajstić information content (AvgIpc) is 2.42. The smallest absolute Gasteiger partial charge is 0.261 e.